The van der Waals surface area contributed by atoms with Crippen LogP contribution < -0.4 is 4.83 Å². The van der Waals surface area contributed by atoms with Crippen molar-refractivity contribution >= 4 is 10.0 Å². The lowest BCUT2D eigenvalue weighted by molar-refractivity contribution is 0.590. The van der Waals surface area contributed by atoms with Crippen LogP contribution in [0.1, 0.15) is 0 Å². The number of nitrogens with zero attached hydrogens (tertiary/aromatic N) is 3. The maximum atomic E-state index is 12.7. The fraction of sp³-hybridized carbons (Fsp3) is 0. The van der Waals surface area contributed by atoms with Crippen molar-refractivity contribution in [1.29, 1.82) is 0 Å². The molecule has 0 radical (unpaired) electrons. The van der Waals surface area contributed by atoms with Crippen molar-refractivity contribution in [2.24, 2.45) is 0 Å². The molecule has 0 amide bonds. The number of nitrogens with one attached hydrogen (secondary N) is 1. The van der Waals surface area contributed by atoms with E-state index >= 15 is 0 Å². The Balaban J connectivity index is 1.84. The van der Waals surface area contributed by atoms with Crippen molar-refractivity contribution in [1.82, 2.24) is 15.1 Å². The maximum Gasteiger partial charge on any atom is 0.276 e. The van der Waals surface area contributed by atoms with E-state index in [-0.39, 0.29) is 4.90 Å². The van der Waals surface area contributed by atoms with Crippen molar-refractivity contribution in [3.05, 3.63) is 91.0 Å². The van der Waals surface area contributed by atoms with E-state index in [2.05, 4.69) is 15.1 Å². The van der Waals surface area contributed by atoms with Crippen LogP contribution in [0.3, 0.4) is 0 Å². The average Bonchev–Trinajstić information content (AvgIpc) is 3.13. The molecule has 6 nitrogen and oxygen atoms in total. The highest BCUT2D eigenvalue weighted by Crippen LogP contribution is 2.29. The topological polar surface area (TPSA) is 76.9 Å². The standard InChI is InChI=1S/C20H16N4O2S/c25-27(26,18-14-8-3-9-15-18)23-24-20(17-12-6-2-7-13-17)19(21-22-24)16-10-4-1-5-11-16/h1-15,23H. The van der Waals surface area contributed by atoms with Crippen molar-refractivity contribution in [3.8, 4) is 22.5 Å². The Bertz CT molecular complexity index is 1140. The lowest BCUT2D eigenvalue weighted by Crippen LogP contribution is -2.25. The van der Waals surface area contributed by atoms with Crippen LogP contribution in [0.2, 0.25) is 0 Å². The molecule has 7 heteroatoms. The second-order valence-corrected chi connectivity index (χ2v) is 7.50. The smallest absolute Gasteiger partial charge is 0.200 e. The molecule has 4 rings (SSSR count). The first-order chi connectivity index (χ1) is 13.1. The van der Waals surface area contributed by atoms with Gasteiger partial charge in [-0.2, -0.15) is 13.2 Å². The number of rotatable bonds is 5. The highest BCUT2D eigenvalue weighted by atomic mass is 32.2. The second-order valence-electron chi connectivity index (χ2n) is 5.84. The largest absolute Gasteiger partial charge is 0.276 e. The van der Waals surface area contributed by atoms with Crippen molar-refractivity contribution < 1.29 is 8.42 Å². The molecule has 27 heavy (non-hydrogen) atoms. The molecule has 0 aliphatic rings. The van der Waals surface area contributed by atoms with Gasteiger partial charge in [0, 0.05) is 11.1 Å². The minimum absolute atomic E-state index is 0.153. The molecule has 1 heterocycles. The first-order valence-electron chi connectivity index (χ1n) is 8.29. The van der Waals surface area contributed by atoms with Gasteiger partial charge in [-0.05, 0) is 17.3 Å². The molecular weight excluding hydrogens is 360 g/mol. The summed E-state index contributed by atoms with van der Waals surface area (Å²) in [6, 6.07) is 27.1. The molecule has 0 unspecified atom stereocenters. The Morgan fingerprint density at radius 3 is 1.81 bits per heavy atom. The Kier molecular flexibility index (Phi) is 4.43. The van der Waals surface area contributed by atoms with Gasteiger partial charge in [-0.15, -0.1) is 9.89 Å². The van der Waals surface area contributed by atoms with Crippen molar-refractivity contribution in [2.45, 2.75) is 4.90 Å². The summed E-state index contributed by atoms with van der Waals surface area (Å²) in [4.78, 5) is 3.87. The van der Waals surface area contributed by atoms with E-state index < -0.39 is 10.0 Å². The monoisotopic (exact) mass is 376 g/mol. The van der Waals surface area contributed by atoms with Gasteiger partial charge in [-0.3, -0.25) is 0 Å². The minimum Gasteiger partial charge on any atom is -0.200 e. The fourth-order valence-corrected chi connectivity index (χ4v) is 3.73. The second kappa shape index (κ2) is 7.05. The lowest BCUT2D eigenvalue weighted by Gasteiger charge is -2.11. The SMILES string of the molecule is O=S(=O)(Nn1nnc(-c2ccccc2)c1-c1ccccc1)c1ccccc1. The molecule has 1 aromatic heterocycles. The molecule has 1 N–H and O–H groups in total. The summed E-state index contributed by atoms with van der Waals surface area (Å²) >= 11 is 0. The summed E-state index contributed by atoms with van der Waals surface area (Å²) in [6.45, 7) is 0. The summed E-state index contributed by atoms with van der Waals surface area (Å²) in [5.74, 6) is 0. The van der Waals surface area contributed by atoms with E-state index in [1.807, 2.05) is 60.7 Å². The quantitative estimate of drug-likeness (QED) is 0.578. The minimum atomic E-state index is -3.80. The predicted octanol–water partition coefficient (Wildman–Crippen LogP) is 3.54. The third kappa shape index (κ3) is 3.45. The van der Waals surface area contributed by atoms with Crippen LogP contribution in [-0.4, -0.2) is 23.5 Å². The van der Waals surface area contributed by atoms with Gasteiger partial charge in [0.25, 0.3) is 10.0 Å². The zero-order valence-electron chi connectivity index (χ0n) is 14.2. The summed E-state index contributed by atoms with van der Waals surface area (Å²) in [5.41, 5.74) is 2.82. The van der Waals surface area contributed by atoms with Gasteiger partial charge in [0.1, 0.15) is 11.4 Å². The molecule has 4 aromatic rings. The predicted molar refractivity (Wildman–Crippen MR) is 104 cm³/mol. The van der Waals surface area contributed by atoms with E-state index in [1.54, 1.807) is 18.2 Å². The zero-order valence-corrected chi connectivity index (χ0v) is 15.0. The van der Waals surface area contributed by atoms with E-state index in [0.717, 1.165) is 11.1 Å². The van der Waals surface area contributed by atoms with Crippen LogP contribution in [-0.2, 0) is 10.0 Å². The van der Waals surface area contributed by atoms with Crippen LogP contribution >= 0.6 is 0 Å². The molecular formula is C20H16N4O2S. The molecule has 0 atom stereocenters. The number of hydrogen-bond acceptors (Lipinski definition) is 4. The van der Waals surface area contributed by atoms with Crippen molar-refractivity contribution in [2.75, 3.05) is 4.83 Å². The molecule has 3 aromatic carbocycles. The van der Waals surface area contributed by atoms with E-state index in [4.69, 9.17) is 0 Å². The Morgan fingerprint density at radius 1 is 0.704 bits per heavy atom. The molecule has 0 saturated heterocycles. The van der Waals surface area contributed by atoms with Gasteiger partial charge in [0.05, 0.1) is 4.90 Å². The van der Waals surface area contributed by atoms with Crippen LogP contribution in [0.25, 0.3) is 22.5 Å². The highest BCUT2D eigenvalue weighted by Gasteiger charge is 2.21. The van der Waals surface area contributed by atoms with Gasteiger partial charge < -0.3 is 0 Å². The van der Waals surface area contributed by atoms with Crippen LogP contribution in [0.4, 0.5) is 0 Å². The molecule has 0 saturated carbocycles. The van der Waals surface area contributed by atoms with Gasteiger partial charge in [-0.25, -0.2) is 0 Å². The number of aromatic nitrogens is 3. The van der Waals surface area contributed by atoms with E-state index in [0.29, 0.717) is 11.4 Å². The van der Waals surface area contributed by atoms with Gasteiger partial charge in [0.15, 0.2) is 0 Å². The summed E-state index contributed by atoms with van der Waals surface area (Å²) in [6.07, 6.45) is 0. The first kappa shape index (κ1) is 17.0. The molecule has 0 bridgehead atoms. The van der Waals surface area contributed by atoms with Crippen LogP contribution in [0.5, 0.6) is 0 Å². The number of sulfonamides is 1. The Labute approximate surface area is 157 Å². The average molecular weight is 376 g/mol. The lowest BCUT2D eigenvalue weighted by atomic mass is 10.1. The van der Waals surface area contributed by atoms with Gasteiger partial charge in [-0.1, -0.05) is 78.9 Å². The zero-order chi connectivity index (χ0) is 18.7. The van der Waals surface area contributed by atoms with E-state index in [1.165, 1.54) is 16.9 Å². The Morgan fingerprint density at radius 2 is 1.22 bits per heavy atom. The molecule has 134 valence electrons. The summed E-state index contributed by atoms with van der Waals surface area (Å²) in [7, 11) is -3.80. The third-order valence-electron chi connectivity index (χ3n) is 4.02. The van der Waals surface area contributed by atoms with Crippen molar-refractivity contribution in [3.63, 3.8) is 0 Å². The molecule has 0 aliphatic carbocycles. The first-order valence-corrected chi connectivity index (χ1v) is 9.78. The van der Waals surface area contributed by atoms with E-state index in [9.17, 15) is 8.42 Å². The van der Waals surface area contributed by atoms with Gasteiger partial charge in [0.2, 0.25) is 0 Å². The highest BCUT2D eigenvalue weighted by molar-refractivity contribution is 7.92. The number of hydrogen-bond donors (Lipinski definition) is 1. The molecule has 0 fully saturated rings. The Hall–Kier alpha value is -3.45. The molecule has 0 aliphatic heterocycles. The normalized spacial score (nSPS) is 11.3. The summed E-state index contributed by atoms with van der Waals surface area (Å²) in [5, 5.41) is 8.28. The molecule has 0 spiro atoms. The third-order valence-corrected chi connectivity index (χ3v) is 5.33. The summed E-state index contributed by atoms with van der Waals surface area (Å²) < 4.78 is 25.5. The number of benzene rings is 3. The maximum absolute atomic E-state index is 12.7. The van der Waals surface area contributed by atoms with Crippen LogP contribution in [0.15, 0.2) is 95.9 Å². The fourth-order valence-electron chi connectivity index (χ4n) is 2.76. The van der Waals surface area contributed by atoms with Gasteiger partial charge >= 0.3 is 0 Å². The van der Waals surface area contributed by atoms with Crippen LogP contribution in [0, 0.1) is 0 Å².